The van der Waals surface area contributed by atoms with E-state index in [1.54, 1.807) is 6.08 Å². The third kappa shape index (κ3) is 0.858. The minimum absolute atomic E-state index is 0.0151. The first-order valence-corrected chi connectivity index (χ1v) is 6.38. The number of carbonyl (C=O) groups is 1. The Morgan fingerprint density at radius 1 is 1.65 bits per heavy atom. The summed E-state index contributed by atoms with van der Waals surface area (Å²) in [6, 6.07) is 0. The van der Waals surface area contributed by atoms with Crippen molar-refractivity contribution >= 4 is 5.91 Å². The van der Waals surface area contributed by atoms with Crippen LogP contribution in [0.4, 0.5) is 0 Å². The number of ether oxygens (including phenoxy) is 1. The van der Waals surface area contributed by atoms with Crippen LogP contribution in [-0.4, -0.2) is 40.4 Å². The molecular weight excluding hydrogens is 218 g/mol. The fourth-order valence-corrected chi connectivity index (χ4v) is 4.95. The highest BCUT2D eigenvalue weighted by Crippen LogP contribution is 2.67. The Labute approximate surface area is 100 Å². The molecule has 2 saturated carbocycles. The summed E-state index contributed by atoms with van der Waals surface area (Å²) < 4.78 is 6.07. The van der Waals surface area contributed by atoms with Crippen molar-refractivity contribution in [3.05, 3.63) is 12.7 Å². The summed E-state index contributed by atoms with van der Waals surface area (Å²) in [5.74, 6) is 0.928. The highest BCUT2D eigenvalue weighted by molar-refractivity contribution is 5.84. The van der Waals surface area contributed by atoms with E-state index in [4.69, 9.17) is 4.74 Å². The van der Waals surface area contributed by atoms with Gasteiger partial charge in [-0.3, -0.25) is 4.79 Å². The summed E-state index contributed by atoms with van der Waals surface area (Å²) in [5.41, 5.74) is -0.502. The van der Waals surface area contributed by atoms with E-state index in [0.717, 1.165) is 6.42 Å². The number of hydrogen-bond donors (Lipinski definition) is 1. The van der Waals surface area contributed by atoms with Crippen LogP contribution < -0.4 is 0 Å². The first-order valence-electron chi connectivity index (χ1n) is 6.38. The van der Waals surface area contributed by atoms with E-state index in [1.165, 1.54) is 0 Å². The van der Waals surface area contributed by atoms with Gasteiger partial charge in [0.1, 0.15) is 5.72 Å². The predicted octanol–water partition coefficient (Wildman–Crippen LogP) is 0.373. The monoisotopic (exact) mass is 235 g/mol. The average molecular weight is 235 g/mol. The van der Waals surface area contributed by atoms with Crippen LogP contribution >= 0.6 is 0 Å². The van der Waals surface area contributed by atoms with Gasteiger partial charge in [-0.2, -0.15) is 0 Å². The Morgan fingerprint density at radius 2 is 2.41 bits per heavy atom. The van der Waals surface area contributed by atoms with Gasteiger partial charge in [0.15, 0.2) is 0 Å². The van der Waals surface area contributed by atoms with Crippen molar-refractivity contribution in [3.63, 3.8) is 0 Å². The van der Waals surface area contributed by atoms with Crippen molar-refractivity contribution in [2.24, 2.45) is 23.7 Å². The first kappa shape index (κ1) is 10.1. The van der Waals surface area contributed by atoms with Gasteiger partial charge in [-0.1, -0.05) is 6.08 Å². The Morgan fingerprint density at radius 3 is 3.12 bits per heavy atom. The molecule has 4 aliphatic rings. The maximum atomic E-state index is 12.4. The van der Waals surface area contributed by atoms with Crippen LogP contribution in [-0.2, 0) is 9.53 Å². The third-order valence-electron chi connectivity index (χ3n) is 5.44. The van der Waals surface area contributed by atoms with E-state index in [2.05, 4.69) is 6.58 Å². The zero-order valence-electron chi connectivity index (χ0n) is 9.87. The molecule has 17 heavy (non-hydrogen) atoms. The van der Waals surface area contributed by atoms with Crippen molar-refractivity contribution in [2.45, 2.75) is 31.3 Å². The fraction of sp³-hybridized carbons (Fsp3) is 0.769. The van der Waals surface area contributed by atoms with Crippen molar-refractivity contribution in [3.8, 4) is 0 Å². The molecule has 0 aromatic rings. The van der Waals surface area contributed by atoms with E-state index < -0.39 is 11.8 Å². The summed E-state index contributed by atoms with van der Waals surface area (Å²) in [6.45, 7) is 6.27. The maximum Gasteiger partial charge on any atom is 0.229 e. The van der Waals surface area contributed by atoms with Gasteiger partial charge in [0, 0.05) is 12.5 Å². The van der Waals surface area contributed by atoms with Gasteiger partial charge in [0.2, 0.25) is 5.91 Å². The lowest BCUT2D eigenvalue weighted by atomic mass is 9.77. The quantitative estimate of drug-likeness (QED) is 0.704. The lowest BCUT2D eigenvalue weighted by Gasteiger charge is -2.35. The normalized spacial score (nSPS) is 58.2. The lowest BCUT2D eigenvalue weighted by Crippen LogP contribution is -2.48. The molecule has 0 aromatic carbocycles. The minimum atomic E-state index is -0.502. The molecule has 2 heterocycles. The van der Waals surface area contributed by atoms with Gasteiger partial charge >= 0.3 is 0 Å². The SMILES string of the molecule is C=CCN1C(=O)C2C3CC4C(OC1(C)C42)C3O. The van der Waals surface area contributed by atoms with Crippen molar-refractivity contribution < 1.29 is 14.6 Å². The topological polar surface area (TPSA) is 49.8 Å². The van der Waals surface area contributed by atoms with Gasteiger partial charge < -0.3 is 14.7 Å². The molecule has 2 saturated heterocycles. The van der Waals surface area contributed by atoms with Crippen LogP contribution in [0.25, 0.3) is 0 Å². The number of fused-ring (bicyclic) bond motifs is 2. The third-order valence-corrected chi connectivity index (χ3v) is 5.44. The molecular formula is C13H17NO3. The summed E-state index contributed by atoms with van der Waals surface area (Å²) in [5, 5.41) is 10.2. The highest BCUT2D eigenvalue weighted by Gasteiger charge is 2.76. The van der Waals surface area contributed by atoms with Crippen LogP contribution in [0.2, 0.25) is 0 Å². The lowest BCUT2D eigenvalue weighted by molar-refractivity contribution is -0.170. The number of nitrogens with zero attached hydrogens (tertiary/aromatic N) is 1. The van der Waals surface area contributed by atoms with E-state index in [-0.39, 0.29) is 29.8 Å². The summed E-state index contributed by atoms with van der Waals surface area (Å²) in [7, 11) is 0. The van der Waals surface area contributed by atoms with Gasteiger partial charge in [0.25, 0.3) is 0 Å². The first-order chi connectivity index (χ1) is 8.09. The van der Waals surface area contributed by atoms with Crippen LogP contribution in [0.5, 0.6) is 0 Å². The molecule has 4 heteroatoms. The number of likely N-dealkylation sites (tertiary alicyclic amines) is 1. The molecule has 4 nitrogen and oxygen atoms in total. The Bertz CT molecular complexity index is 423. The Balaban J connectivity index is 1.83. The van der Waals surface area contributed by atoms with Crippen LogP contribution in [0.1, 0.15) is 13.3 Å². The number of amides is 1. The predicted molar refractivity (Wildman–Crippen MR) is 59.8 cm³/mol. The molecule has 1 N–H and O–H groups in total. The molecule has 2 aliphatic carbocycles. The zero-order valence-corrected chi connectivity index (χ0v) is 9.87. The number of carbonyl (C=O) groups excluding carboxylic acids is 1. The number of aliphatic hydroxyl groups is 1. The summed E-state index contributed by atoms with van der Waals surface area (Å²) >= 11 is 0. The second-order valence-corrected chi connectivity index (χ2v) is 5.98. The molecule has 1 amide bonds. The minimum Gasteiger partial charge on any atom is -0.390 e. The van der Waals surface area contributed by atoms with Crippen LogP contribution in [0, 0.1) is 23.7 Å². The van der Waals surface area contributed by atoms with Gasteiger partial charge in [0.05, 0.1) is 18.1 Å². The smallest absolute Gasteiger partial charge is 0.229 e. The molecule has 0 radical (unpaired) electrons. The van der Waals surface area contributed by atoms with Gasteiger partial charge in [-0.15, -0.1) is 6.58 Å². The van der Waals surface area contributed by atoms with Gasteiger partial charge in [-0.05, 0) is 25.2 Å². The molecule has 2 bridgehead atoms. The molecule has 7 atom stereocenters. The van der Waals surface area contributed by atoms with E-state index in [9.17, 15) is 9.90 Å². The molecule has 92 valence electrons. The van der Waals surface area contributed by atoms with E-state index >= 15 is 0 Å². The Hall–Kier alpha value is -0.870. The van der Waals surface area contributed by atoms with Crippen LogP contribution in [0.3, 0.4) is 0 Å². The van der Waals surface area contributed by atoms with Crippen molar-refractivity contribution in [1.29, 1.82) is 0 Å². The summed E-state index contributed by atoms with van der Waals surface area (Å²) in [4.78, 5) is 14.3. The molecule has 4 fully saturated rings. The number of rotatable bonds is 2. The second-order valence-electron chi connectivity index (χ2n) is 5.98. The van der Waals surface area contributed by atoms with Gasteiger partial charge in [-0.25, -0.2) is 0 Å². The molecule has 0 spiro atoms. The second kappa shape index (κ2) is 2.75. The molecule has 7 unspecified atom stereocenters. The van der Waals surface area contributed by atoms with E-state index in [0.29, 0.717) is 12.5 Å². The zero-order chi connectivity index (χ0) is 11.9. The highest BCUT2D eigenvalue weighted by atomic mass is 16.6. The van der Waals surface area contributed by atoms with Crippen molar-refractivity contribution in [1.82, 2.24) is 4.90 Å². The summed E-state index contributed by atoms with van der Waals surface area (Å²) in [6.07, 6.45) is 2.23. The van der Waals surface area contributed by atoms with E-state index in [1.807, 2.05) is 11.8 Å². The Kier molecular flexibility index (Phi) is 1.63. The number of hydrogen-bond acceptors (Lipinski definition) is 3. The van der Waals surface area contributed by atoms with Crippen LogP contribution in [0.15, 0.2) is 12.7 Å². The largest absolute Gasteiger partial charge is 0.390 e. The standard InChI is InChI=1S/C13H17NO3/c1-3-4-14-12(16)8-6-5-7-9(8)13(14,2)17-11(7)10(6)15/h3,6-11,15H,1,4-5H2,2H3. The molecule has 4 rings (SSSR count). The maximum absolute atomic E-state index is 12.4. The average Bonchev–Trinajstić information content (AvgIpc) is 2.92. The molecule has 2 aliphatic heterocycles. The molecule has 0 aromatic heterocycles. The van der Waals surface area contributed by atoms with Crippen molar-refractivity contribution in [2.75, 3.05) is 6.54 Å². The number of aliphatic hydroxyl groups excluding tert-OH is 1. The fourth-order valence-electron chi connectivity index (χ4n) is 4.95.